The molecule has 1 N–H and O–H groups in total. The highest BCUT2D eigenvalue weighted by molar-refractivity contribution is 5.96. The number of piperidine rings is 1. The lowest BCUT2D eigenvalue weighted by Gasteiger charge is -2.31. The Labute approximate surface area is 191 Å². The molecule has 9 heteroatoms. The second-order valence-electron chi connectivity index (χ2n) is 8.45. The fourth-order valence-electron chi connectivity index (χ4n) is 4.19. The first-order valence-corrected chi connectivity index (χ1v) is 10.9. The summed E-state index contributed by atoms with van der Waals surface area (Å²) in [5.41, 5.74) is 0.787. The number of imidazole rings is 1. The van der Waals surface area contributed by atoms with E-state index in [-0.39, 0.29) is 16.8 Å². The molecule has 0 aliphatic carbocycles. The van der Waals surface area contributed by atoms with E-state index < -0.39 is 22.7 Å². The predicted molar refractivity (Wildman–Crippen MR) is 123 cm³/mol. The van der Waals surface area contributed by atoms with Gasteiger partial charge in [0.25, 0.3) is 11.6 Å². The van der Waals surface area contributed by atoms with Crippen LogP contribution in [0.5, 0.6) is 0 Å². The predicted octanol–water partition coefficient (Wildman–Crippen LogP) is 4.22. The van der Waals surface area contributed by atoms with Crippen molar-refractivity contribution in [2.45, 2.75) is 25.8 Å². The first-order valence-electron chi connectivity index (χ1n) is 10.9. The molecule has 1 unspecified atom stereocenters. The van der Waals surface area contributed by atoms with Gasteiger partial charge in [0.05, 0.1) is 4.92 Å². The average Bonchev–Trinajstić information content (AvgIpc) is 3.23. The number of carbonyl (C=O) groups is 1. The molecule has 8 nitrogen and oxygen atoms in total. The Morgan fingerprint density at radius 2 is 1.97 bits per heavy atom. The molecule has 172 valence electrons. The monoisotopic (exact) mass is 451 g/mol. The molecule has 0 radical (unpaired) electrons. The number of halogens is 1. The average molecular weight is 452 g/mol. The second kappa shape index (κ2) is 9.40. The molecule has 0 spiro atoms. The molecule has 1 atom stereocenters. The lowest BCUT2D eigenvalue weighted by Crippen LogP contribution is -2.34. The number of amides is 1. The smallest absolute Gasteiger partial charge is 0.293 e. The number of nitro groups is 1. The number of hydrogen-bond acceptors (Lipinski definition) is 5. The van der Waals surface area contributed by atoms with Gasteiger partial charge in [-0.25, -0.2) is 9.37 Å². The third-order valence-corrected chi connectivity index (χ3v) is 6.17. The summed E-state index contributed by atoms with van der Waals surface area (Å²) in [5, 5.41) is 14.6. The summed E-state index contributed by atoms with van der Waals surface area (Å²) in [6.07, 6.45) is 5.20. The highest BCUT2D eigenvalue weighted by Gasteiger charge is 2.27. The molecule has 33 heavy (non-hydrogen) atoms. The number of nitro benzene ring substituents is 1. The molecular formula is C24H26FN5O3. The normalized spacial score (nSPS) is 15.3. The van der Waals surface area contributed by atoms with E-state index >= 15 is 0 Å². The van der Waals surface area contributed by atoms with Crippen molar-refractivity contribution in [3.8, 4) is 0 Å². The zero-order valence-corrected chi connectivity index (χ0v) is 18.6. The maximum atomic E-state index is 14.6. The Balaban J connectivity index is 1.65. The minimum Gasteiger partial charge on any atom is -0.366 e. The van der Waals surface area contributed by atoms with Gasteiger partial charge in [-0.15, -0.1) is 0 Å². The molecule has 1 aliphatic heterocycles. The topological polar surface area (TPSA) is 93.3 Å². The Kier molecular flexibility index (Phi) is 6.39. The van der Waals surface area contributed by atoms with Gasteiger partial charge in [-0.05, 0) is 37.0 Å². The zero-order chi connectivity index (χ0) is 23.5. The van der Waals surface area contributed by atoms with Gasteiger partial charge in [0.15, 0.2) is 0 Å². The summed E-state index contributed by atoms with van der Waals surface area (Å²) in [5.74, 6) is 0.00780. The molecule has 1 amide bonds. The Morgan fingerprint density at radius 1 is 1.24 bits per heavy atom. The van der Waals surface area contributed by atoms with E-state index in [1.807, 2.05) is 4.90 Å². The summed E-state index contributed by atoms with van der Waals surface area (Å²) in [7, 11) is 1.75. The number of aryl methyl sites for hydroxylation is 1. The molecule has 1 aliphatic rings. The van der Waals surface area contributed by atoms with Crippen molar-refractivity contribution in [3.63, 3.8) is 0 Å². The highest BCUT2D eigenvalue weighted by Crippen LogP contribution is 2.33. The van der Waals surface area contributed by atoms with Crippen molar-refractivity contribution in [2.75, 3.05) is 18.0 Å². The van der Waals surface area contributed by atoms with E-state index in [0.717, 1.165) is 25.9 Å². The number of rotatable bonds is 6. The molecule has 1 saturated heterocycles. The van der Waals surface area contributed by atoms with E-state index in [2.05, 4.69) is 17.2 Å². The summed E-state index contributed by atoms with van der Waals surface area (Å²) in [6, 6.07) is 9.78. The number of nitrogens with zero attached hydrogens (tertiary/aromatic N) is 4. The number of aromatic nitrogens is 2. The fourth-order valence-corrected chi connectivity index (χ4v) is 4.19. The second-order valence-corrected chi connectivity index (χ2v) is 8.45. The van der Waals surface area contributed by atoms with Gasteiger partial charge in [0.1, 0.15) is 23.4 Å². The largest absolute Gasteiger partial charge is 0.366 e. The van der Waals surface area contributed by atoms with Gasteiger partial charge in [-0.3, -0.25) is 14.9 Å². The van der Waals surface area contributed by atoms with Crippen molar-refractivity contribution >= 4 is 17.3 Å². The van der Waals surface area contributed by atoms with Gasteiger partial charge in [-0.2, -0.15) is 0 Å². The molecule has 2 aromatic carbocycles. The van der Waals surface area contributed by atoms with Crippen molar-refractivity contribution in [1.82, 2.24) is 14.9 Å². The van der Waals surface area contributed by atoms with E-state index in [1.165, 1.54) is 12.1 Å². The third kappa shape index (κ3) is 4.72. The minimum atomic E-state index is -0.860. The first-order chi connectivity index (χ1) is 15.8. The van der Waals surface area contributed by atoms with Crippen LogP contribution in [0.25, 0.3) is 0 Å². The van der Waals surface area contributed by atoms with Crippen LogP contribution in [0.4, 0.5) is 15.8 Å². The number of benzene rings is 2. The van der Waals surface area contributed by atoms with Gasteiger partial charge >= 0.3 is 0 Å². The van der Waals surface area contributed by atoms with Gasteiger partial charge in [-0.1, -0.05) is 25.1 Å². The van der Waals surface area contributed by atoms with Crippen molar-refractivity contribution < 1.29 is 14.1 Å². The molecule has 3 aromatic rings. The van der Waals surface area contributed by atoms with E-state index in [9.17, 15) is 19.3 Å². The first kappa shape index (κ1) is 22.4. The molecule has 0 bridgehead atoms. The zero-order valence-electron chi connectivity index (χ0n) is 18.6. The van der Waals surface area contributed by atoms with Crippen molar-refractivity contribution in [2.24, 2.45) is 13.0 Å². The summed E-state index contributed by atoms with van der Waals surface area (Å²) in [6.45, 7) is 3.65. The minimum absolute atomic E-state index is 0.114. The Bertz CT molecular complexity index is 1170. The molecule has 4 rings (SSSR count). The quantitative estimate of drug-likeness (QED) is 0.447. The van der Waals surface area contributed by atoms with Crippen LogP contribution in [0, 0.1) is 21.8 Å². The van der Waals surface area contributed by atoms with Crippen LogP contribution >= 0.6 is 0 Å². The SMILES string of the molecule is CC1CCN(c2ccc(C(=O)NC(c3ccccc3F)c3nccn3C)cc2[N+](=O)[O-])CC1. The molecule has 2 heterocycles. The lowest BCUT2D eigenvalue weighted by atomic mass is 9.98. The van der Waals surface area contributed by atoms with Gasteiger partial charge < -0.3 is 14.8 Å². The molecular weight excluding hydrogens is 425 g/mol. The van der Waals surface area contributed by atoms with Crippen LogP contribution in [0.15, 0.2) is 54.9 Å². The number of hydrogen-bond donors (Lipinski definition) is 1. The fraction of sp³-hybridized carbons (Fsp3) is 0.333. The number of anilines is 1. The summed E-state index contributed by atoms with van der Waals surface area (Å²) < 4.78 is 16.3. The maximum Gasteiger partial charge on any atom is 0.293 e. The van der Waals surface area contributed by atoms with E-state index in [1.54, 1.807) is 54.3 Å². The van der Waals surface area contributed by atoms with Crippen LogP contribution in [0.1, 0.15) is 47.6 Å². The highest BCUT2D eigenvalue weighted by atomic mass is 19.1. The van der Waals surface area contributed by atoms with E-state index in [0.29, 0.717) is 17.4 Å². The summed E-state index contributed by atoms with van der Waals surface area (Å²) in [4.78, 5) is 30.8. The molecule has 0 saturated carbocycles. The lowest BCUT2D eigenvalue weighted by molar-refractivity contribution is -0.384. The van der Waals surface area contributed by atoms with Crippen LogP contribution < -0.4 is 10.2 Å². The van der Waals surface area contributed by atoms with Crippen molar-refractivity contribution in [1.29, 1.82) is 0 Å². The van der Waals surface area contributed by atoms with Crippen LogP contribution in [0.2, 0.25) is 0 Å². The van der Waals surface area contributed by atoms with Crippen LogP contribution in [-0.2, 0) is 7.05 Å². The Morgan fingerprint density at radius 3 is 2.61 bits per heavy atom. The van der Waals surface area contributed by atoms with Gasteiger partial charge in [0.2, 0.25) is 0 Å². The molecule has 1 aromatic heterocycles. The van der Waals surface area contributed by atoms with Crippen LogP contribution in [-0.4, -0.2) is 33.5 Å². The van der Waals surface area contributed by atoms with Crippen LogP contribution in [0.3, 0.4) is 0 Å². The van der Waals surface area contributed by atoms with Gasteiger partial charge in [0, 0.05) is 49.7 Å². The summed E-state index contributed by atoms with van der Waals surface area (Å²) >= 11 is 0. The van der Waals surface area contributed by atoms with Crippen molar-refractivity contribution in [3.05, 3.63) is 87.7 Å². The maximum absolute atomic E-state index is 14.6. The number of carbonyl (C=O) groups excluding carboxylic acids is 1. The number of nitrogens with one attached hydrogen (secondary N) is 1. The third-order valence-electron chi connectivity index (χ3n) is 6.17. The molecule has 1 fully saturated rings. The Hall–Kier alpha value is -3.75. The van der Waals surface area contributed by atoms with E-state index in [4.69, 9.17) is 0 Å². The standard InChI is InChI=1S/C24H26FN5O3/c1-16-9-12-29(13-10-16)20-8-7-17(15-21(20)30(32)33)24(31)27-22(23-26-11-14-28(23)2)18-5-3-4-6-19(18)25/h3-8,11,14-16,22H,9-10,12-13H2,1-2H3,(H,27,31).